The minimum absolute atomic E-state index is 0.0473. The average Bonchev–Trinajstić information content (AvgIpc) is 2.89. The molecule has 4 nitrogen and oxygen atoms in total. The van der Waals surface area contributed by atoms with Crippen LogP contribution in [0.4, 0.5) is 0 Å². The molecule has 0 aliphatic heterocycles. The number of Topliss-reactive ketones (excluding diaryl/α,β-unsaturated/α-hetero) is 1. The highest BCUT2D eigenvalue weighted by atomic mass is 35.5. The number of para-hydroxylation sites is 1. The van der Waals surface area contributed by atoms with Gasteiger partial charge in [-0.3, -0.25) is 14.2 Å². The van der Waals surface area contributed by atoms with E-state index < -0.39 is 5.25 Å². The predicted octanol–water partition coefficient (Wildman–Crippen LogP) is 7.37. The first kappa shape index (κ1) is 24.0. The third-order valence-corrected chi connectivity index (χ3v) is 7.47. The Labute approximate surface area is 218 Å². The maximum Gasteiger partial charge on any atom is 0.266 e. The standard InChI is InChI=1S/C30H23ClN2O2S/c1-19-7-11-21(12-8-19)27(34)28(22-13-9-20(2)10-14-22)36-30-32-26-6-4-3-5-25(26)29(35)33(30)24-17-15-23(31)16-18-24/h3-18,28H,1-2H3. The number of fused-ring (bicyclic) bond motifs is 1. The molecule has 6 heteroatoms. The second-order valence-corrected chi connectivity index (χ2v) is 10.2. The lowest BCUT2D eigenvalue weighted by Gasteiger charge is -2.19. The highest BCUT2D eigenvalue weighted by molar-refractivity contribution is 8.00. The van der Waals surface area contributed by atoms with Crippen molar-refractivity contribution in [1.82, 2.24) is 9.55 Å². The summed E-state index contributed by atoms with van der Waals surface area (Å²) in [5.41, 5.74) is 4.67. The van der Waals surface area contributed by atoms with Crippen LogP contribution in [0.15, 0.2) is 107 Å². The number of nitrogens with zero attached hydrogens (tertiary/aromatic N) is 2. The number of benzene rings is 4. The van der Waals surface area contributed by atoms with Gasteiger partial charge in [-0.2, -0.15) is 0 Å². The Morgan fingerprint density at radius 3 is 2.11 bits per heavy atom. The van der Waals surface area contributed by atoms with Crippen molar-refractivity contribution < 1.29 is 4.79 Å². The maximum absolute atomic E-state index is 13.8. The van der Waals surface area contributed by atoms with Crippen LogP contribution in [0.3, 0.4) is 0 Å². The third-order valence-electron chi connectivity index (χ3n) is 6.01. The van der Waals surface area contributed by atoms with Crippen molar-refractivity contribution in [2.45, 2.75) is 24.3 Å². The summed E-state index contributed by atoms with van der Waals surface area (Å²) < 4.78 is 1.56. The van der Waals surface area contributed by atoms with Gasteiger partial charge in [0.05, 0.1) is 16.6 Å². The van der Waals surface area contributed by atoms with E-state index in [0.717, 1.165) is 16.7 Å². The summed E-state index contributed by atoms with van der Waals surface area (Å²) >= 11 is 7.40. The van der Waals surface area contributed by atoms with Crippen LogP contribution in [0.25, 0.3) is 16.6 Å². The molecule has 1 atom stereocenters. The number of hydrogen-bond acceptors (Lipinski definition) is 4. The zero-order chi connectivity index (χ0) is 25.2. The summed E-state index contributed by atoms with van der Waals surface area (Å²) in [6, 6.07) is 29.8. The van der Waals surface area contributed by atoms with E-state index in [2.05, 4.69) is 0 Å². The molecule has 0 aliphatic rings. The number of aromatic nitrogens is 2. The van der Waals surface area contributed by atoms with Gasteiger partial charge in [0.15, 0.2) is 10.9 Å². The molecule has 178 valence electrons. The summed E-state index contributed by atoms with van der Waals surface area (Å²) in [6.07, 6.45) is 0. The molecule has 0 saturated heterocycles. The largest absolute Gasteiger partial charge is 0.293 e. The van der Waals surface area contributed by atoms with Crippen molar-refractivity contribution in [1.29, 1.82) is 0 Å². The van der Waals surface area contributed by atoms with Crippen molar-refractivity contribution in [3.63, 3.8) is 0 Å². The Kier molecular flexibility index (Phi) is 6.77. The van der Waals surface area contributed by atoms with Crippen molar-refractivity contribution in [3.05, 3.63) is 135 Å². The molecule has 4 aromatic carbocycles. The molecule has 1 aromatic heterocycles. The Balaban J connectivity index is 1.69. The molecule has 0 spiro atoms. The van der Waals surface area contributed by atoms with E-state index in [4.69, 9.17) is 16.6 Å². The average molecular weight is 511 g/mol. The van der Waals surface area contributed by atoms with Crippen LogP contribution in [-0.4, -0.2) is 15.3 Å². The minimum Gasteiger partial charge on any atom is -0.293 e. The Bertz CT molecular complexity index is 1610. The zero-order valence-electron chi connectivity index (χ0n) is 19.8. The van der Waals surface area contributed by atoms with Gasteiger partial charge >= 0.3 is 0 Å². The van der Waals surface area contributed by atoms with Crippen molar-refractivity contribution >= 4 is 40.0 Å². The second kappa shape index (κ2) is 10.1. The molecular weight excluding hydrogens is 488 g/mol. The molecule has 0 fully saturated rings. The normalized spacial score (nSPS) is 12.0. The summed E-state index contributed by atoms with van der Waals surface area (Å²) in [4.78, 5) is 32.3. The lowest BCUT2D eigenvalue weighted by atomic mass is 10.0. The fraction of sp³-hybridized carbons (Fsp3) is 0.100. The number of thioether (sulfide) groups is 1. The Morgan fingerprint density at radius 1 is 0.833 bits per heavy atom. The molecule has 1 unspecified atom stereocenters. The van der Waals surface area contributed by atoms with Crippen LogP contribution < -0.4 is 5.56 Å². The van der Waals surface area contributed by atoms with Gasteiger partial charge in [0.1, 0.15) is 5.25 Å². The van der Waals surface area contributed by atoms with Gasteiger partial charge in [0.25, 0.3) is 5.56 Å². The monoisotopic (exact) mass is 510 g/mol. The van der Waals surface area contributed by atoms with Gasteiger partial charge in [0, 0.05) is 10.6 Å². The lowest BCUT2D eigenvalue weighted by Crippen LogP contribution is -2.23. The third kappa shape index (κ3) is 4.85. The van der Waals surface area contributed by atoms with E-state index in [1.807, 2.05) is 80.6 Å². The Morgan fingerprint density at radius 2 is 1.44 bits per heavy atom. The predicted molar refractivity (Wildman–Crippen MR) is 148 cm³/mol. The van der Waals surface area contributed by atoms with Crippen LogP contribution in [0.2, 0.25) is 5.02 Å². The molecule has 5 aromatic rings. The highest BCUT2D eigenvalue weighted by Crippen LogP contribution is 2.38. The van der Waals surface area contributed by atoms with Crippen LogP contribution in [0, 0.1) is 13.8 Å². The molecule has 0 saturated carbocycles. The second-order valence-electron chi connectivity index (χ2n) is 8.67. The molecular formula is C30H23ClN2O2S. The highest BCUT2D eigenvalue weighted by Gasteiger charge is 2.26. The molecule has 0 amide bonds. The molecule has 0 radical (unpaired) electrons. The topological polar surface area (TPSA) is 52.0 Å². The van der Waals surface area contributed by atoms with E-state index in [-0.39, 0.29) is 11.3 Å². The SMILES string of the molecule is Cc1ccc(C(=O)C(Sc2nc3ccccc3c(=O)n2-c2ccc(Cl)cc2)c2ccc(C)cc2)cc1. The summed E-state index contributed by atoms with van der Waals surface area (Å²) in [7, 11) is 0. The molecule has 0 N–H and O–H groups in total. The first-order chi connectivity index (χ1) is 17.4. The number of ketones is 1. The molecule has 1 heterocycles. The number of carbonyl (C=O) groups excluding carboxylic acids is 1. The van der Waals surface area contributed by atoms with Crippen LogP contribution in [-0.2, 0) is 0 Å². The fourth-order valence-electron chi connectivity index (χ4n) is 4.00. The summed E-state index contributed by atoms with van der Waals surface area (Å²) in [5.74, 6) is -0.0473. The van der Waals surface area contributed by atoms with Crippen LogP contribution >= 0.6 is 23.4 Å². The van der Waals surface area contributed by atoms with E-state index in [9.17, 15) is 9.59 Å². The van der Waals surface area contributed by atoms with Gasteiger partial charge in [-0.15, -0.1) is 0 Å². The van der Waals surface area contributed by atoms with Crippen molar-refractivity contribution in [2.75, 3.05) is 0 Å². The van der Waals surface area contributed by atoms with E-state index in [1.165, 1.54) is 11.8 Å². The van der Waals surface area contributed by atoms with Gasteiger partial charge in [-0.25, -0.2) is 4.98 Å². The van der Waals surface area contributed by atoms with Crippen LogP contribution in [0.5, 0.6) is 0 Å². The molecule has 0 bridgehead atoms. The van der Waals surface area contributed by atoms with Crippen LogP contribution in [0.1, 0.15) is 32.3 Å². The lowest BCUT2D eigenvalue weighted by molar-refractivity contribution is 0.0989. The maximum atomic E-state index is 13.8. The van der Waals surface area contributed by atoms with Crippen molar-refractivity contribution in [3.8, 4) is 5.69 Å². The zero-order valence-corrected chi connectivity index (χ0v) is 21.4. The van der Waals surface area contributed by atoms with Gasteiger partial charge in [-0.1, -0.05) is 95.2 Å². The van der Waals surface area contributed by atoms with Gasteiger partial charge in [-0.05, 0) is 55.8 Å². The van der Waals surface area contributed by atoms with E-state index in [1.54, 1.807) is 34.9 Å². The summed E-state index contributed by atoms with van der Waals surface area (Å²) in [6.45, 7) is 4.00. The molecule has 36 heavy (non-hydrogen) atoms. The Hall–Kier alpha value is -3.67. The first-order valence-corrected chi connectivity index (χ1v) is 12.8. The molecule has 0 aliphatic carbocycles. The van der Waals surface area contributed by atoms with Gasteiger partial charge < -0.3 is 0 Å². The molecule has 5 rings (SSSR count). The van der Waals surface area contributed by atoms with Crippen molar-refractivity contribution in [2.24, 2.45) is 0 Å². The van der Waals surface area contributed by atoms with Gasteiger partial charge in [0.2, 0.25) is 0 Å². The quantitative estimate of drug-likeness (QED) is 0.136. The van der Waals surface area contributed by atoms with E-state index in [0.29, 0.717) is 32.3 Å². The number of halogens is 1. The number of aryl methyl sites for hydroxylation is 2. The first-order valence-electron chi connectivity index (χ1n) is 11.5. The smallest absolute Gasteiger partial charge is 0.266 e. The fourth-order valence-corrected chi connectivity index (χ4v) is 5.32. The number of rotatable bonds is 6. The summed E-state index contributed by atoms with van der Waals surface area (Å²) in [5, 5.41) is 0.919. The van der Waals surface area contributed by atoms with E-state index >= 15 is 0 Å². The number of carbonyl (C=O) groups is 1. The minimum atomic E-state index is -0.597. The number of hydrogen-bond donors (Lipinski definition) is 0.